The first-order valence-corrected chi connectivity index (χ1v) is 9.49. The minimum absolute atomic E-state index is 0. The topological polar surface area (TPSA) is 37.0 Å². The molecule has 1 aliphatic heterocycles. The van der Waals surface area contributed by atoms with E-state index in [4.69, 9.17) is 0 Å². The molecule has 98 valence electrons. The standard InChI is InChI=1S/C13H19N3Si.ClH/c1-17(2,3)7-6-11-4-5-12(10-15-11)16-13-8-14-9-13;/h4-5,10,13-14,16H,8-9H2,1-3H3;1H. The van der Waals surface area contributed by atoms with Gasteiger partial charge in [0, 0.05) is 13.1 Å². The summed E-state index contributed by atoms with van der Waals surface area (Å²) in [6.45, 7) is 8.78. The molecule has 1 aromatic heterocycles. The molecule has 0 aliphatic carbocycles. The molecule has 0 radical (unpaired) electrons. The second kappa shape index (κ2) is 6.23. The lowest BCUT2D eigenvalue weighted by atomic mass is 10.2. The van der Waals surface area contributed by atoms with Crippen molar-refractivity contribution in [1.29, 1.82) is 0 Å². The van der Waals surface area contributed by atoms with Crippen LogP contribution in [0.3, 0.4) is 0 Å². The quantitative estimate of drug-likeness (QED) is 0.644. The summed E-state index contributed by atoms with van der Waals surface area (Å²) >= 11 is 0. The first kappa shape index (κ1) is 15.0. The van der Waals surface area contributed by atoms with Gasteiger partial charge in [-0.2, -0.15) is 0 Å². The van der Waals surface area contributed by atoms with Crippen molar-refractivity contribution in [3.8, 4) is 11.5 Å². The van der Waals surface area contributed by atoms with Gasteiger partial charge < -0.3 is 10.6 Å². The summed E-state index contributed by atoms with van der Waals surface area (Å²) in [6.07, 6.45) is 1.87. The van der Waals surface area contributed by atoms with Gasteiger partial charge in [0.1, 0.15) is 13.8 Å². The lowest BCUT2D eigenvalue weighted by molar-refractivity contribution is 0.472. The Labute approximate surface area is 116 Å². The smallest absolute Gasteiger partial charge is 0.129 e. The summed E-state index contributed by atoms with van der Waals surface area (Å²) in [5.41, 5.74) is 5.26. The molecule has 0 bridgehead atoms. The highest BCUT2D eigenvalue weighted by atomic mass is 35.5. The molecule has 1 aromatic rings. The molecule has 3 nitrogen and oxygen atoms in total. The van der Waals surface area contributed by atoms with E-state index in [1.165, 1.54) is 0 Å². The van der Waals surface area contributed by atoms with Crippen molar-refractivity contribution in [2.75, 3.05) is 18.4 Å². The lowest BCUT2D eigenvalue weighted by Gasteiger charge is -2.28. The molecule has 2 N–H and O–H groups in total. The van der Waals surface area contributed by atoms with Gasteiger partial charge in [0.05, 0.1) is 17.9 Å². The number of anilines is 1. The van der Waals surface area contributed by atoms with E-state index in [0.717, 1.165) is 24.5 Å². The van der Waals surface area contributed by atoms with Gasteiger partial charge >= 0.3 is 0 Å². The van der Waals surface area contributed by atoms with E-state index < -0.39 is 8.07 Å². The van der Waals surface area contributed by atoms with Crippen LogP contribution in [0.2, 0.25) is 19.6 Å². The number of hydrogen-bond acceptors (Lipinski definition) is 3. The molecule has 0 spiro atoms. The molecular weight excluding hydrogens is 262 g/mol. The largest absolute Gasteiger partial charge is 0.379 e. The van der Waals surface area contributed by atoms with E-state index in [1.807, 2.05) is 12.3 Å². The van der Waals surface area contributed by atoms with E-state index in [9.17, 15) is 0 Å². The van der Waals surface area contributed by atoms with Crippen LogP contribution < -0.4 is 10.6 Å². The number of halogens is 1. The fourth-order valence-corrected chi connectivity index (χ4v) is 1.93. The Morgan fingerprint density at radius 3 is 2.50 bits per heavy atom. The van der Waals surface area contributed by atoms with Crippen molar-refractivity contribution in [1.82, 2.24) is 10.3 Å². The van der Waals surface area contributed by atoms with Crippen LogP contribution >= 0.6 is 12.4 Å². The number of nitrogens with zero attached hydrogens (tertiary/aromatic N) is 1. The van der Waals surface area contributed by atoms with E-state index >= 15 is 0 Å². The summed E-state index contributed by atoms with van der Waals surface area (Å²) in [5, 5.41) is 6.64. The molecule has 1 aliphatic rings. The number of aromatic nitrogens is 1. The predicted octanol–water partition coefficient (Wildman–Crippen LogP) is 2.12. The number of rotatable bonds is 2. The highest BCUT2D eigenvalue weighted by molar-refractivity contribution is 6.83. The zero-order chi connectivity index (χ0) is 12.3. The van der Waals surface area contributed by atoms with Gasteiger partial charge in [-0.05, 0) is 12.1 Å². The van der Waals surface area contributed by atoms with Crippen molar-refractivity contribution in [2.45, 2.75) is 25.7 Å². The molecule has 1 fully saturated rings. The molecule has 2 rings (SSSR count). The molecule has 1 saturated heterocycles. The second-order valence-corrected chi connectivity index (χ2v) is 10.2. The van der Waals surface area contributed by atoms with E-state index in [-0.39, 0.29) is 12.4 Å². The van der Waals surface area contributed by atoms with Gasteiger partial charge in [-0.3, -0.25) is 0 Å². The van der Waals surface area contributed by atoms with Crippen LogP contribution in [0.25, 0.3) is 0 Å². The fraction of sp³-hybridized carbons (Fsp3) is 0.462. The van der Waals surface area contributed by atoms with Gasteiger partial charge in [-0.1, -0.05) is 25.6 Å². The maximum absolute atomic E-state index is 4.36. The Morgan fingerprint density at radius 1 is 1.33 bits per heavy atom. The highest BCUT2D eigenvalue weighted by Gasteiger charge is 2.15. The third kappa shape index (κ3) is 4.69. The Bertz CT molecular complexity index is 438. The SMILES string of the molecule is C[Si](C)(C)C#Cc1ccc(NC2CNC2)cn1.Cl. The van der Waals surface area contributed by atoms with Crippen molar-refractivity contribution in [2.24, 2.45) is 0 Å². The Morgan fingerprint density at radius 2 is 2.06 bits per heavy atom. The Balaban J connectivity index is 0.00000162. The normalized spacial score (nSPS) is 14.8. The van der Waals surface area contributed by atoms with E-state index in [2.05, 4.69) is 52.8 Å². The van der Waals surface area contributed by atoms with E-state index in [0.29, 0.717) is 6.04 Å². The van der Waals surface area contributed by atoms with Gasteiger partial charge in [0.25, 0.3) is 0 Å². The maximum atomic E-state index is 4.36. The molecule has 2 heterocycles. The third-order valence-electron chi connectivity index (χ3n) is 2.48. The van der Waals surface area contributed by atoms with Crippen LogP contribution in [0.4, 0.5) is 5.69 Å². The summed E-state index contributed by atoms with van der Waals surface area (Å²) in [5.74, 6) is 3.15. The molecule has 0 unspecified atom stereocenters. The van der Waals surface area contributed by atoms with E-state index in [1.54, 1.807) is 0 Å². The summed E-state index contributed by atoms with van der Waals surface area (Å²) < 4.78 is 0. The van der Waals surface area contributed by atoms with Gasteiger partial charge in [-0.25, -0.2) is 4.98 Å². The highest BCUT2D eigenvalue weighted by Crippen LogP contribution is 2.09. The van der Waals surface area contributed by atoms with Crippen molar-refractivity contribution < 1.29 is 0 Å². The third-order valence-corrected chi connectivity index (χ3v) is 3.36. The minimum Gasteiger partial charge on any atom is -0.379 e. The van der Waals surface area contributed by atoms with Crippen molar-refractivity contribution in [3.05, 3.63) is 24.0 Å². The fourth-order valence-electron chi connectivity index (χ4n) is 1.43. The van der Waals surface area contributed by atoms with Crippen LogP contribution in [0, 0.1) is 11.5 Å². The van der Waals surface area contributed by atoms with Gasteiger partial charge in [0.15, 0.2) is 0 Å². The molecule has 5 heteroatoms. The zero-order valence-electron chi connectivity index (χ0n) is 11.1. The second-order valence-electron chi connectivity index (χ2n) is 5.43. The first-order valence-electron chi connectivity index (χ1n) is 5.99. The van der Waals surface area contributed by atoms with Crippen LogP contribution in [-0.4, -0.2) is 32.2 Å². The summed E-state index contributed by atoms with van der Waals surface area (Å²) in [4.78, 5) is 4.36. The first-order chi connectivity index (χ1) is 8.03. The Kier molecular flexibility index (Phi) is 5.21. The van der Waals surface area contributed by atoms with Crippen LogP contribution in [0.5, 0.6) is 0 Å². The van der Waals surface area contributed by atoms with Crippen molar-refractivity contribution in [3.63, 3.8) is 0 Å². The predicted molar refractivity (Wildman–Crippen MR) is 82.0 cm³/mol. The molecule has 0 aromatic carbocycles. The summed E-state index contributed by atoms with van der Waals surface area (Å²) in [6, 6.07) is 4.59. The van der Waals surface area contributed by atoms with Crippen molar-refractivity contribution >= 4 is 26.2 Å². The van der Waals surface area contributed by atoms with Gasteiger partial charge in [-0.15, -0.1) is 18.0 Å². The lowest BCUT2D eigenvalue weighted by Crippen LogP contribution is -2.51. The number of pyridine rings is 1. The monoisotopic (exact) mass is 281 g/mol. The number of nitrogens with one attached hydrogen (secondary N) is 2. The zero-order valence-corrected chi connectivity index (χ0v) is 12.9. The number of hydrogen-bond donors (Lipinski definition) is 2. The molecule has 0 saturated carbocycles. The molecule has 0 atom stereocenters. The maximum Gasteiger partial charge on any atom is 0.129 e. The average Bonchev–Trinajstić information content (AvgIpc) is 2.21. The molecule has 0 amide bonds. The van der Waals surface area contributed by atoms with Crippen LogP contribution in [0.15, 0.2) is 18.3 Å². The van der Waals surface area contributed by atoms with Crippen LogP contribution in [0.1, 0.15) is 5.69 Å². The molecule has 18 heavy (non-hydrogen) atoms. The average molecular weight is 282 g/mol. The molecular formula is C13H20ClN3Si. The van der Waals surface area contributed by atoms with Gasteiger partial charge in [0.2, 0.25) is 0 Å². The Hall–Kier alpha value is -1.02. The minimum atomic E-state index is -1.30. The van der Waals surface area contributed by atoms with Crippen LogP contribution in [-0.2, 0) is 0 Å². The summed E-state index contributed by atoms with van der Waals surface area (Å²) in [7, 11) is -1.30.